The van der Waals surface area contributed by atoms with E-state index in [1.54, 1.807) is 0 Å². The predicted molar refractivity (Wildman–Crippen MR) is 207 cm³/mol. The van der Waals surface area contributed by atoms with E-state index in [0.717, 1.165) is 34.2 Å². The summed E-state index contributed by atoms with van der Waals surface area (Å²) >= 11 is 0. The van der Waals surface area contributed by atoms with E-state index in [9.17, 15) is 0 Å². The number of hydrogen-bond acceptors (Lipinski definition) is 3. The molecule has 3 aromatic carbocycles. The number of rotatable bonds is 6. The van der Waals surface area contributed by atoms with E-state index in [2.05, 4.69) is 174 Å². The molecule has 0 aliphatic rings. The minimum absolute atomic E-state index is 0.273. The fraction of sp³-hybridized carbons (Fsp3) is 0.462. The first-order chi connectivity index (χ1) is 20.5. The molecule has 0 spiro atoms. The van der Waals surface area contributed by atoms with Gasteiger partial charge in [0.15, 0.2) is 17.5 Å². The molecule has 0 unspecified atom stereocenters. The van der Waals surface area contributed by atoms with Crippen LogP contribution in [0.1, 0.15) is 62.3 Å². The van der Waals surface area contributed by atoms with E-state index in [1.807, 2.05) is 0 Å². The van der Waals surface area contributed by atoms with Crippen LogP contribution in [0.25, 0.3) is 34.2 Å². The van der Waals surface area contributed by atoms with Crippen molar-refractivity contribution in [2.45, 2.75) is 117 Å². The molecule has 45 heavy (non-hydrogen) atoms. The summed E-state index contributed by atoms with van der Waals surface area (Å²) in [7, 11) is -4.94. The van der Waals surface area contributed by atoms with Gasteiger partial charge in [-0.05, 0) is 15.1 Å². The smallest absolute Gasteiger partial charge is 0.164 e. The second kappa shape index (κ2) is 11.8. The highest BCUT2D eigenvalue weighted by Crippen LogP contribution is 2.38. The molecule has 240 valence electrons. The molecular weight excluding hydrogens is 595 g/mol. The highest BCUT2D eigenvalue weighted by atomic mass is 28.3. The Balaban J connectivity index is 1.83. The van der Waals surface area contributed by atoms with Gasteiger partial charge in [-0.3, -0.25) is 0 Å². The van der Waals surface area contributed by atoms with Gasteiger partial charge in [0.25, 0.3) is 0 Å². The van der Waals surface area contributed by atoms with Crippen molar-refractivity contribution in [1.29, 1.82) is 0 Å². The predicted octanol–water partition coefficient (Wildman–Crippen LogP) is 10.0. The van der Waals surface area contributed by atoms with E-state index < -0.39 is 24.2 Å². The zero-order valence-corrected chi connectivity index (χ0v) is 33.8. The molecule has 0 N–H and O–H groups in total. The molecule has 0 radical (unpaired) electrons. The Hall–Kier alpha value is -2.68. The number of benzene rings is 3. The van der Waals surface area contributed by atoms with E-state index in [1.165, 1.54) is 15.6 Å². The Morgan fingerprint density at radius 2 is 0.511 bits per heavy atom. The monoisotopic (exact) mass is 651 g/mol. The van der Waals surface area contributed by atoms with Crippen LogP contribution in [0, 0.1) is 0 Å². The van der Waals surface area contributed by atoms with Crippen LogP contribution in [0.15, 0.2) is 72.8 Å². The average Bonchev–Trinajstić information content (AvgIpc) is 2.95. The van der Waals surface area contributed by atoms with Crippen molar-refractivity contribution in [2.75, 3.05) is 0 Å². The Kier molecular flexibility index (Phi) is 9.26. The molecule has 1 aromatic heterocycles. The molecule has 3 nitrogen and oxygen atoms in total. The summed E-state index contributed by atoms with van der Waals surface area (Å²) in [6, 6.07) is 27.1. The first kappa shape index (κ1) is 35.2. The van der Waals surface area contributed by atoms with E-state index in [-0.39, 0.29) is 15.1 Å². The van der Waals surface area contributed by atoms with Gasteiger partial charge < -0.3 is 0 Å². The Labute approximate surface area is 277 Å². The van der Waals surface area contributed by atoms with Gasteiger partial charge in [-0.2, -0.15) is 0 Å². The van der Waals surface area contributed by atoms with Crippen LogP contribution < -0.4 is 15.6 Å². The number of aromatic nitrogens is 3. The Morgan fingerprint density at radius 3 is 0.667 bits per heavy atom. The van der Waals surface area contributed by atoms with Gasteiger partial charge in [-0.25, -0.2) is 15.0 Å². The van der Waals surface area contributed by atoms with Crippen LogP contribution in [-0.4, -0.2) is 39.2 Å². The molecule has 0 fully saturated rings. The average molecular weight is 652 g/mol. The number of nitrogens with zero attached hydrogens (tertiary/aromatic N) is 3. The van der Waals surface area contributed by atoms with Crippen LogP contribution in [0.2, 0.25) is 54.4 Å². The van der Waals surface area contributed by atoms with Gasteiger partial charge in [0.05, 0.1) is 24.2 Å². The quantitative estimate of drug-likeness (QED) is 0.195. The maximum absolute atomic E-state index is 5.08. The molecular formula is C39H57N3Si3. The van der Waals surface area contributed by atoms with Crippen LogP contribution in [0.5, 0.6) is 0 Å². The van der Waals surface area contributed by atoms with Crippen molar-refractivity contribution >= 4 is 39.8 Å². The first-order valence-electron chi connectivity index (χ1n) is 16.6. The molecule has 0 bridgehead atoms. The third-order valence-corrected chi connectivity index (χ3v) is 28.4. The first-order valence-corrected chi connectivity index (χ1v) is 25.6. The lowest BCUT2D eigenvalue weighted by molar-refractivity contribution is 0.729. The lowest BCUT2D eigenvalue weighted by atomic mass is 10.1. The summed E-state index contributed by atoms with van der Waals surface area (Å²) in [4.78, 5) is 15.2. The second-order valence-electron chi connectivity index (χ2n) is 17.7. The topological polar surface area (TPSA) is 38.7 Å². The molecule has 0 aliphatic carbocycles. The SMILES string of the molecule is CC(C)(C)[Si](C)(C)c1ccc(-c2nc(-c3ccc([Si](C)(C)C(C)(C)C)cc3)nc(-c3ccc([Si](C)(C)C(C)(C)C)cc3)n2)cc1. The summed E-state index contributed by atoms with van der Waals surface area (Å²) in [5, 5.41) is 5.18. The zero-order valence-electron chi connectivity index (χ0n) is 30.8. The highest BCUT2D eigenvalue weighted by Gasteiger charge is 2.38. The molecule has 0 saturated heterocycles. The zero-order chi connectivity index (χ0) is 33.8. The van der Waals surface area contributed by atoms with E-state index >= 15 is 0 Å². The fourth-order valence-corrected chi connectivity index (χ4v) is 10.8. The third-order valence-electron chi connectivity index (χ3n) is 11.9. The molecule has 6 heteroatoms. The summed E-state index contributed by atoms with van der Waals surface area (Å²) in [6.45, 7) is 36.1. The van der Waals surface area contributed by atoms with Crippen molar-refractivity contribution in [2.24, 2.45) is 0 Å². The normalized spacial score (nSPS) is 13.7. The summed E-state index contributed by atoms with van der Waals surface area (Å²) < 4.78 is 0. The van der Waals surface area contributed by atoms with Gasteiger partial charge in [0, 0.05) is 16.7 Å². The van der Waals surface area contributed by atoms with Crippen LogP contribution in [-0.2, 0) is 0 Å². The highest BCUT2D eigenvalue weighted by molar-refractivity contribution is 6.93. The molecule has 4 aromatic rings. The van der Waals surface area contributed by atoms with Gasteiger partial charge in [0.1, 0.15) is 0 Å². The number of hydrogen-bond donors (Lipinski definition) is 0. The van der Waals surface area contributed by atoms with Crippen LogP contribution >= 0.6 is 0 Å². The van der Waals surface area contributed by atoms with Crippen molar-refractivity contribution in [3.8, 4) is 34.2 Å². The van der Waals surface area contributed by atoms with Gasteiger partial charge >= 0.3 is 0 Å². The van der Waals surface area contributed by atoms with Gasteiger partial charge in [-0.15, -0.1) is 0 Å². The van der Waals surface area contributed by atoms with Gasteiger partial charge in [0.2, 0.25) is 0 Å². The summed E-state index contributed by atoms with van der Waals surface area (Å²) in [5.74, 6) is 2.16. The molecule has 4 rings (SSSR count). The maximum atomic E-state index is 5.08. The lowest BCUT2D eigenvalue weighted by Crippen LogP contribution is -2.49. The Morgan fingerprint density at radius 1 is 0.333 bits per heavy atom. The van der Waals surface area contributed by atoms with Crippen LogP contribution in [0.3, 0.4) is 0 Å². The molecule has 0 atom stereocenters. The molecule has 0 saturated carbocycles. The Bertz CT molecular complexity index is 1420. The largest absolute Gasteiger partial charge is 0.208 e. The van der Waals surface area contributed by atoms with Crippen molar-refractivity contribution < 1.29 is 0 Å². The fourth-order valence-electron chi connectivity index (χ4n) is 5.17. The van der Waals surface area contributed by atoms with E-state index in [4.69, 9.17) is 15.0 Å². The molecule has 0 amide bonds. The van der Waals surface area contributed by atoms with Crippen molar-refractivity contribution in [3.05, 3.63) is 72.8 Å². The van der Waals surface area contributed by atoms with Crippen molar-refractivity contribution in [1.82, 2.24) is 15.0 Å². The summed E-state index contributed by atoms with van der Waals surface area (Å²) in [5.41, 5.74) is 3.08. The second-order valence-corrected chi connectivity index (χ2v) is 33.6. The standard InChI is InChI=1S/C39H57N3Si3/c1-37(2,3)43(10,11)31-22-16-28(17-23-31)34-40-35(29-18-24-32(25-19-29)44(12,13)38(4,5)6)42-36(41-34)30-20-26-33(27-21-30)45(14,15)39(7,8)9/h16-27H,1-15H3. The van der Waals surface area contributed by atoms with Crippen molar-refractivity contribution in [3.63, 3.8) is 0 Å². The van der Waals surface area contributed by atoms with Gasteiger partial charge in [-0.1, -0.05) is 190 Å². The third kappa shape index (κ3) is 6.89. The minimum Gasteiger partial charge on any atom is -0.208 e. The molecule has 1 heterocycles. The van der Waals surface area contributed by atoms with Crippen LogP contribution in [0.4, 0.5) is 0 Å². The molecule has 0 aliphatic heterocycles. The van der Waals surface area contributed by atoms with E-state index in [0.29, 0.717) is 0 Å². The summed E-state index contributed by atoms with van der Waals surface area (Å²) in [6.07, 6.45) is 0. The maximum Gasteiger partial charge on any atom is 0.164 e. The lowest BCUT2D eigenvalue weighted by Gasteiger charge is -2.37. The minimum atomic E-state index is -1.65.